The van der Waals surface area contributed by atoms with Crippen LogP contribution >= 0.6 is 0 Å². The molecule has 0 aromatic heterocycles. The number of anilines is 1. The summed E-state index contributed by atoms with van der Waals surface area (Å²) in [5.74, 6) is 2.47. The molecule has 4 heteroatoms. The molecule has 0 aliphatic carbocycles. The molecule has 1 N–H and O–H groups in total. The van der Waals surface area contributed by atoms with Crippen LogP contribution < -0.4 is 19.5 Å². The first-order chi connectivity index (χ1) is 10.2. The van der Waals surface area contributed by atoms with Crippen LogP contribution in [0.3, 0.4) is 0 Å². The Morgan fingerprint density at radius 1 is 0.857 bits per heavy atom. The van der Waals surface area contributed by atoms with Crippen LogP contribution in [-0.2, 0) is 6.54 Å². The highest BCUT2D eigenvalue weighted by Crippen LogP contribution is 2.28. The van der Waals surface area contributed by atoms with Gasteiger partial charge in [-0.15, -0.1) is 0 Å². The van der Waals surface area contributed by atoms with E-state index in [2.05, 4.69) is 5.32 Å². The lowest BCUT2D eigenvalue weighted by molar-refractivity contribution is 0.399. The van der Waals surface area contributed by atoms with E-state index in [4.69, 9.17) is 14.2 Å². The van der Waals surface area contributed by atoms with Crippen LogP contribution in [0.4, 0.5) is 5.69 Å². The Kier molecular flexibility index (Phi) is 4.93. The van der Waals surface area contributed by atoms with Crippen LogP contribution in [0.15, 0.2) is 36.4 Å². The van der Waals surface area contributed by atoms with Crippen molar-refractivity contribution in [3.8, 4) is 17.2 Å². The van der Waals surface area contributed by atoms with Crippen molar-refractivity contribution in [3.05, 3.63) is 47.5 Å². The van der Waals surface area contributed by atoms with Crippen molar-refractivity contribution in [2.24, 2.45) is 0 Å². The first kappa shape index (κ1) is 15.0. The van der Waals surface area contributed by atoms with Crippen molar-refractivity contribution < 1.29 is 14.2 Å². The second-order valence-electron chi connectivity index (χ2n) is 4.74. The molecule has 0 spiro atoms. The molecule has 0 heterocycles. The van der Waals surface area contributed by atoms with E-state index < -0.39 is 0 Å². The summed E-state index contributed by atoms with van der Waals surface area (Å²) in [6, 6.07) is 11.8. The topological polar surface area (TPSA) is 39.7 Å². The minimum absolute atomic E-state index is 0.625. The highest BCUT2D eigenvalue weighted by molar-refractivity contribution is 5.58. The smallest absolute Gasteiger partial charge is 0.142 e. The van der Waals surface area contributed by atoms with E-state index in [1.54, 1.807) is 21.3 Å². The second kappa shape index (κ2) is 6.88. The van der Waals surface area contributed by atoms with Crippen LogP contribution in [0.1, 0.15) is 11.1 Å². The molecule has 2 aromatic carbocycles. The molecule has 0 unspecified atom stereocenters. The first-order valence-electron chi connectivity index (χ1n) is 6.77. The minimum Gasteiger partial charge on any atom is -0.497 e. The lowest BCUT2D eigenvalue weighted by Crippen LogP contribution is -2.03. The van der Waals surface area contributed by atoms with Gasteiger partial charge in [0, 0.05) is 12.1 Å². The highest BCUT2D eigenvalue weighted by atomic mass is 16.5. The summed E-state index contributed by atoms with van der Waals surface area (Å²) in [6.45, 7) is 2.66. The van der Waals surface area contributed by atoms with Crippen LogP contribution in [-0.4, -0.2) is 21.3 Å². The fourth-order valence-corrected chi connectivity index (χ4v) is 2.16. The van der Waals surface area contributed by atoms with Crippen molar-refractivity contribution in [2.75, 3.05) is 26.6 Å². The predicted molar refractivity (Wildman–Crippen MR) is 84.6 cm³/mol. The zero-order chi connectivity index (χ0) is 15.2. The van der Waals surface area contributed by atoms with Gasteiger partial charge < -0.3 is 19.5 Å². The van der Waals surface area contributed by atoms with Gasteiger partial charge in [0.15, 0.2) is 0 Å². The number of ether oxygens (including phenoxy) is 3. The molecule has 0 fully saturated rings. The van der Waals surface area contributed by atoms with Crippen molar-refractivity contribution in [3.63, 3.8) is 0 Å². The standard InChI is InChI=1S/C17H21NO3/c1-12-5-7-15(17(9-12)21-4)18-11-13-10-14(19-2)6-8-16(13)20-3/h5-10,18H,11H2,1-4H3. The lowest BCUT2D eigenvalue weighted by atomic mass is 10.1. The summed E-state index contributed by atoms with van der Waals surface area (Å²) < 4.78 is 16.0. The van der Waals surface area contributed by atoms with Gasteiger partial charge in [-0.2, -0.15) is 0 Å². The van der Waals surface area contributed by atoms with E-state index in [0.717, 1.165) is 34.1 Å². The number of hydrogen-bond donors (Lipinski definition) is 1. The average Bonchev–Trinajstić information content (AvgIpc) is 2.53. The Balaban J connectivity index is 2.19. The molecule has 0 aliphatic heterocycles. The molecule has 0 bridgehead atoms. The highest BCUT2D eigenvalue weighted by Gasteiger charge is 2.07. The van der Waals surface area contributed by atoms with Gasteiger partial charge in [-0.05, 0) is 42.8 Å². The Morgan fingerprint density at radius 3 is 2.29 bits per heavy atom. The Morgan fingerprint density at radius 2 is 1.62 bits per heavy atom. The minimum atomic E-state index is 0.625. The number of nitrogens with one attached hydrogen (secondary N) is 1. The quantitative estimate of drug-likeness (QED) is 0.880. The van der Waals surface area contributed by atoms with Crippen molar-refractivity contribution in [1.29, 1.82) is 0 Å². The van der Waals surface area contributed by atoms with Gasteiger partial charge in [-0.3, -0.25) is 0 Å². The van der Waals surface area contributed by atoms with E-state index in [1.807, 2.05) is 43.3 Å². The molecular weight excluding hydrogens is 266 g/mol. The van der Waals surface area contributed by atoms with E-state index >= 15 is 0 Å². The molecule has 112 valence electrons. The summed E-state index contributed by atoms with van der Waals surface area (Å²) in [7, 11) is 4.99. The number of aryl methyl sites for hydroxylation is 1. The fourth-order valence-electron chi connectivity index (χ4n) is 2.16. The van der Waals surface area contributed by atoms with E-state index in [-0.39, 0.29) is 0 Å². The van der Waals surface area contributed by atoms with Crippen LogP contribution in [0.25, 0.3) is 0 Å². The maximum Gasteiger partial charge on any atom is 0.142 e. The number of rotatable bonds is 6. The summed E-state index contributed by atoms with van der Waals surface area (Å²) in [5, 5.41) is 3.37. The maximum absolute atomic E-state index is 5.40. The van der Waals surface area contributed by atoms with E-state index in [1.165, 1.54) is 0 Å². The molecule has 0 aliphatic rings. The SMILES string of the molecule is COc1ccc(OC)c(CNc2ccc(C)cc2OC)c1. The second-order valence-corrected chi connectivity index (χ2v) is 4.74. The Hall–Kier alpha value is -2.36. The largest absolute Gasteiger partial charge is 0.497 e. The third-order valence-corrected chi connectivity index (χ3v) is 3.31. The third-order valence-electron chi connectivity index (χ3n) is 3.31. The molecule has 0 atom stereocenters. The normalized spacial score (nSPS) is 10.1. The number of benzene rings is 2. The molecule has 0 saturated carbocycles. The molecular formula is C17H21NO3. The summed E-state index contributed by atoms with van der Waals surface area (Å²) >= 11 is 0. The fraction of sp³-hybridized carbons (Fsp3) is 0.294. The van der Waals surface area contributed by atoms with Crippen LogP contribution in [0.2, 0.25) is 0 Å². The summed E-state index contributed by atoms with van der Waals surface area (Å²) in [6.07, 6.45) is 0. The van der Waals surface area contributed by atoms with E-state index in [0.29, 0.717) is 6.54 Å². The molecule has 0 saturated heterocycles. The van der Waals surface area contributed by atoms with Gasteiger partial charge >= 0.3 is 0 Å². The number of hydrogen-bond acceptors (Lipinski definition) is 4. The first-order valence-corrected chi connectivity index (χ1v) is 6.77. The van der Waals surface area contributed by atoms with Crippen LogP contribution in [0.5, 0.6) is 17.2 Å². The molecule has 21 heavy (non-hydrogen) atoms. The van der Waals surface area contributed by atoms with Crippen LogP contribution in [0, 0.1) is 6.92 Å². The zero-order valence-corrected chi connectivity index (χ0v) is 12.9. The van der Waals surface area contributed by atoms with Gasteiger partial charge in [-0.25, -0.2) is 0 Å². The molecule has 0 radical (unpaired) electrons. The lowest BCUT2D eigenvalue weighted by Gasteiger charge is -2.14. The monoisotopic (exact) mass is 287 g/mol. The van der Waals surface area contributed by atoms with Gasteiger partial charge in [0.2, 0.25) is 0 Å². The summed E-state index contributed by atoms with van der Waals surface area (Å²) in [5.41, 5.74) is 3.14. The molecule has 4 nitrogen and oxygen atoms in total. The predicted octanol–water partition coefficient (Wildman–Crippen LogP) is 3.63. The average molecular weight is 287 g/mol. The van der Waals surface area contributed by atoms with Crippen molar-refractivity contribution >= 4 is 5.69 Å². The molecule has 2 rings (SSSR count). The van der Waals surface area contributed by atoms with Gasteiger partial charge in [0.1, 0.15) is 17.2 Å². The van der Waals surface area contributed by atoms with Crippen molar-refractivity contribution in [1.82, 2.24) is 0 Å². The van der Waals surface area contributed by atoms with Gasteiger partial charge in [-0.1, -0.05) is 6.07 Å². The Labute approximate surface area is 125 Å². The molecule has 0 amide bonds. The zero-order valence-electron chi connectivity index (χ0n) is 12.9. The molecule has 2 aromatic rings. The number of methoxy groups -OCH3 is 3. The van der Waals surface area contributed by atoms with Gasteiger partial charge in [0.25, 0.3) is 0 Å². The Bertz CT molecular complexity index is 611. The van der Waals surface area contributed by atoms with Gasteiger partial charge in [0.05, 0.1) is 27.0 Å². The van der Waals surface area contributed by atoms with Crippen molar-refractivity contribution in [2.45, 2.75) is 13.5 Å². The third kappa shape index (κ3) is 3.60. The maximum atomic E-state index is 5.40. The summed E-state index contributed by atoms with van der Waals surface area (Å²) in [4.78, 5) is 0. The van der Waals surface area contributed by atoms with E-state index in [9.17, 15) is 0 Å².